The van der Waals surface area contributed by atoms with Crippen LogP contribution in [0.5, 0.6) is 0 Å². The highest BCUT2D eigenvalue weighted by molar-refractivity contribution is 6.42. The van der Waals surface area contributed by atoms with E-state index in [0.717, 1.165) is 37.2 Å². The van der Waals surface area contributed by atoms with E-state index < -0.39 is 0 Å². The van der Waals surface area contributed by atoms with E-state index >= 15 is 0 Å². The van der Waals surface area contributed by atoms with Gasteiger partial charge < -0.3 is 9.80 Å². The van der Waals surface area contributed by atoms with E-state index in [2.05, 4.69) is 30.9 Å². The molecule has 3 nitrogen and oxygen atoms in total. The first-order chi connectivity index (χ1) is 13.0. The highest BCUT2D eigenvalue weighted by atomic mass is 35.5. The Morgan fingerprint density at radius 3 is 2.33 bits per heavy atom. The molecule has 0 fully saturated rings. The Morgan fingerprint density at radius 2 is 1.74 bits per heavy atom. The van der Waals surface area contributed by atoms with Crippen molar-refractivity contribution in [1.82, 2.24) is 9.80 Å². The van der Waals surface area contributed by atoms with Gasteiger partial charge in [0.2, 0.25) is 5.91 Å². The number of benzene rings is 2. The Kier molecular flexibility index (Phi) is 8.62. The second-order valence-corrected chi connectivity index (χ2v) is 7.56. The maximum Gasteiger partial charge on any atom is 0.227 e. The van der Waals surface area contributed by atoms with Crippen molar-refractivity contribution in [2.75, 3.05) is 26.7 Å². The molecule has 2 aromatic rings. The van der Waals surface area contributed by atoms with Gasteiger partial charge in [0.1, 0.15) is 0 Å². The normalized spacial score (nSPS) is 12.2. The Balaban J connectivity index is 2.19. The number of carbonyl (C=O) groups is 1. The van der Waals surface area contributed by atoms with Crippen LogP contribution in [0.1, 0.15) is 37.4 Å². The maximum atomic E-state index is 13.0. The van der Waals surface area contributed by atoms with Crippen LogP contribution in [0.15, 0.2) is 48.5 Å². The molecule has 146 valence electrons. The summed E-state index contributed by atoms with van der Waals surface area (Å²) < 4.78 is 0. The van der Waals surface area contributed by atoms with E-state index in [0.29, 0.717) is 16.5 Å². The fraction of sp³-hybridized carbons (Fsp3) is 0.409. The lowest BCUT2D eigenvalue weighted by Crippen LogP contribution is -2.40. The number of carbonyl (C=O) groups excluding carboxylic acids is 1. The van der Waals surface area contributed by atoms with Crippen LogP contribution in [0.25, 0.3) is 0 Å². The predicted octanol–water partition coefficient (Wildman–Crippen LogP) is 5.47. The van der Waals surface area contributed by atoms with Gasteiger partial charge in [-0.15, -0.1) is 0 Å². The summed E-state index contributed by atoms with van der Waals surface area (Å²) in [5.74, 6) is 0.0646. The molecular formula is C22H28Cl2N2O. The van der Waals surface area contributed by atoms with Gasteiger partial charge in [-0.3, -0.25) is 4.79 Å². The number of nitrogens with zero attached hydrogens (tertiary/aromatic N) is 2. The van der Waals surface area contributed by atoms with Gasteiger partial charge in [0.15, 0.2) is 0 Å². The van der Waals surface area contributed by atoms with Crippen LogP contribution in [-0.2, 0) is 11.2 Å². The van der Waals surface area contributed by atoms with Crippen LogP contribution in [0.4, 0.5) is 0 Å². The SMILES string of the molecule is CCCN(CC)CC(c1ccccc1)N(C)C(=O)Cc1ccc(Cl)c(Cl)c1. The van der Waals surface area contributed by atoms with Crippen LogP contribution in [0, 0.1) is 0 Å². The van der Waals surface area contributed by atoms with Crippen LogP contribution < -0.4 is 0 Å². The highest BCUT2D eigenvalue weighted by Crippen LogP contribution is 2.25. The van der Waals surface area contributed by atoms with Crippen molar-refractivity contribution in [2.45, 2.75) is 32.7 Å². The van der Waals surface area contributed by atoms with Gasteiger partial charge in [-0.25, -0.2) is 0 Å². The van der Waals surface area contributed by atoms with Crippen LogP contribution in [0.2, 0.25) is 10.0 Å². The summed E-state index contributed by atoms with van der Waals surface area (Å²) in [7, 11) is 1.89. The van der Waals surface area contributed by atoms with Gasteiger partial charge in [-0.05, 0) is 42.8 Å². The molecule has 2 aromatic carbocycles. The third-order valence-electron chi connectivity index (χ3n) is 4.80. The quantitative estimate of drug-likeness (QED) is 0.551. The molecule has 2 rings (SSSR count). The monoisotopic (exact) mass is 406 g/mol. The standard InChI is InChI=1S/C22H28Cl2N2O/c1-4-13-26(5-2)16-21(18-9-7-6-8-10-18)25(3)22(27)15-17-11-12-19(23)20(24)14-17/h6-12,14,21H,4-5,13,15-16H2,1-3H3. The van der Waals surface area contributed by atoms with Crippen molar-refractivity contribution in [3.63, 3.8) is 0 Å². The highest BCUT2D eigenvalue weighted by Gasteiger charge is 2.23. The zero-order valence-electron chi connectivity index (χ0n) is 16.3. The Hall–Kier alpha value is -1.55. The molecule has 0 heterocycles. The molecule has 27 heavy (non-hydrogen) atoms. The van der Waals surface area contributed by atoms with E-state index in [1.165, 1.54) is 0 Å². The molecule has 1 amide bonds. The van der Waals surface area contributed by atoms with Gasteiger partial charge in [-0.1, -0.05) is 73.4 Å². The fourth-order valence-electron chi connectivity index (χ4n) is 3.19. The summed E-state index contributed by atoms with van der Waals surface area (Å²) in [6.07, 6.45) is 1.40. The molecule has 0 aliphatic rings. The van der Waals surface area contributed by atoms with Crippen LogP contribution >= 0.6 is 23.2 Å². The van der Waals surface area contributed by atoms with Gasteiger partial charge in [0, 0.05) is 13.6 Å². The molecule has 0 radical (unpaired) electrons. The predicted molar refractivity (Wildman–Crippen MR) is 115 cm³/mol. The number of hydrogen-bond donors (Lipinski definition) is 0. The first kappa shape index (κ1) is 21.7. The minimum Gasteiger partial charge on any atom is -0.337 e. The molecule has 0 spiro atoms. The number of rotatable bonds is 9. The van der Waals surface area contributed by atoms with Crippen molar-refractivity contribution in [3.8, 4) is 0 Å². The molecule has 0 saturated carbocycles. The minimum atomic E-state index is 0.00738. The topological polar surface area (TPSA) is 23.6 Å². The van der Waals surface area contributed by atoms with Crippen LogP contribution in [0.3, 0.4) is 0 Å². The van der Waals surface area contributed by atoms with Crippen molar-refractivity contribution in [3.05, 3.63) is 69.7 Å². The average Bonchev–Trinajstić information content (AvgIpc) is 2.68. The second-order valence-electron chi connectivity index (χ2n) is 6.75. The summed E-state index contributed by atoms with van der Waals surface area (Å²) in [6.45, 7) is 7.15. The maximum absolute atomic E-state index is 13.0. The molecule has 0 N–H and O–H groups in total. The lowest BCUT2D eigenvalue weighted by atomic mass is 10.0. The van der Waals surface area contributed by atoms with Crippen molar-refractivity contribution in [1.29, 1.82) is 0 Å². The third kappa shape index (κ3) is 6.24. The van der Waals surface area contributed by atoms with Gasteiger partial charge >= 0.3 is 0 Å². The molecule has 0 bridgehead atoms. The zero-order valence-corrected chi connectivity index (χ0v) is 17.8. The van der Waals surface area contributed by atoms with Crippen molar-refractivity contribution < 1.29 is 4.79 Å². The number of likely N-dealkylation sites (N-methyl/N-ethyl adjacent to an activating group) is 2. The largest absolute Gasteiger partial charge is 0.337 e. The molecule has 1 unspecified atom stereocenters. The lowest BCUT2D eigenvalue weighted by molar-refractivity contribution is -0.131. The summed E-state index contributed by atoms with van der Waals surface area (Å²) in [5, 5.41) is 0.978. The molecular weight excluding hydrogens is 379 g/mol. The zero-order chi connectivity index (χ0) is 19.8. The van der Waals surface area contributed by atoms with E-state index in [1.54, 1.807) is 12.1 Å². The summed E-state index contributed by atoms with van der Waals surface area (Å²) in [4.78, 5) is 17.2. The van der Waals surface area contributed by atoms with E-state index in [1.807, 2.05) is 36.2 Å². The smallest absolute Gasteiger partial charge is 0.227 e. The second kappa shape index (κ2) is 10.7. The van der Waals surface area contributed by atoms with Crippen LogP contribution in [-0.4, -0.2) is 42.4 Å². The molecule has 0 saturated heterocycles. The summed E-state index contributed by atoms with van der Waals surface area (Å²) in [6, 6.07) is 15.6. The molecule has 1 atom stereocenters. The first-order valence-corrected chi connectivity index (χ1v) is 10.2. The molecule has 5 heteroatoms. The summed E-state index contributed by atoms with van der Waals surface area (Å²) >= 11 is 12.1. The number of amides is 1. The first-order valence-electron chi connectivity index (χ1n) is 9.43. The molecule has 0 aliphatic carbocycles. The minimum absolute atomic E-state index is 0.00738. The summed E-state index contributed by atoms with van der Waals surface area (Å²) in [5.41, 5.74) is 2.02. The fourth-order valence-corrected chi connectivity index (χ4v) is 3.51. The lowest BCUT2D eigenvalue weighted by Gasteiger charge is -2.33. The average molecular weight is 407 g/mol. The number of halogens is 2. The van der Waals surface area contributed by atoms with Gasteiger partial charge in [0.05, 0.1) is 22.5 Å². The van der Waals surface area contributed by atoms with Gasteiger partial charge in [0.25, 0.3) is 0 Å². The van der Waals surface area contributed by atoms with Gasteiger partial charge in [-0.2, -0.15) is 0 Å². The van der Waals surface area contributed by atoms with E-state index in [-0.39, 0.29) is 11.9 Å². The molecule has 0 aliphatic heterocycles. The third-order valence-corrected chi connectivity index (χ3v) is 5.54. The Morgan fingerprint density at radius 1 is 1.04 bits per heavy atom. The van der Waals surface area contributed by atoms with E-state index in [4.69, 9.17) is 23.2 Å². The van der Waals surface area contributed by atoms with Crippen molar-refractivity contribution in [2.24, 2.45) is 0 Å². The Bertz CT molecular complexity index is 736. The molecule has 0 aromatic heterocycles. The Labute approximate surface area is 172 Å². The van der Waals surface area contributed by atoms with Crippen molar-refractivity contribution >= 4 is 29.1 Å². The van der Waals surface area contributed by atoms with E-state index in [9.17, 15) is 4.79 Å². The number of hydrogen-bond acceptors (Lipinski definition) is 2.